The summed E-state index contributed by atoms with van der Waals surface area (Å²) in [5.41, 5.74) is 4.82. The molecule has 104 valence electrons. The van der Waals surface area contributed by atoms with Crippen molar-refractivity contribution >= 4 is 32.7 Å². The largest absolute Gasteiger partial charge is 0.354 e. The molecule has 2 aromatic heterocycles. The highest BCUT2D eigenvalue weighted by molar-refractivity contribution is 6.19. The summed E-state index contributed by atoms with van der Waals surface area (Å²) >= 11 is 0. The molecule has 0 aliphatic heterocycles. The van der Waals surface area contributed by atoms with Gasteiger partial charge in [-0.2, -0.15) is 0 Å². The number of fused-ring (bicyclic) bond motifs is 5. The third-order valence-corrected chi connectivity index (χ3v) is 4.37. The highest BCUT2D eigenvalue weighted by Gasteiger charge is 2.10. The Morgan fingerprint density at radius 3 is 2.36 bits per heavy atom. The van der Waals surface area contributed by atoms with Crippen LogP contribution in [0, 0.1) is 0 Å². The van der Waals surface area contributed by atoms with Crippen molar-refractivity contribution in [3.8, 4) is 5.69 Å². The molecule has 0 radical (unpaired) electrons. The summed E-state index contributed by atoms with van der Waals surface area (Å²) < 4.78 is 2.25. The molecule has 5 rings (SSSR count). The van der Waals surface area contributed by atoms with Crippen LogP contribution in [0.1, 0.15) is 0 Å². The molecule has 5 aromatic rings. The van der Waals surface area contributed by atoms with Gasteiger partial charge in [-0.3, -0.25) is 0 Å². The van der Waals surface area contributed by atoms with E-state index in [9.17, 15) is 0 Å². The van der Waals surface area contributed by atoms with E-state index < -0.39 is 0 Å². The van der Waals surface area contributed by atoms with E-state index in [-0.39, 0.29) is 0 Å². The Morgan fingerprint density at radius 2 is 1.45 bits per heavy atom. The first-order chi connectivity index (χ1) is 10.9. The molecular weight excluding hydrogens is 268 g/mol. The highest BCUT2D eigenvalue weighted by Crippen LogP contribution is 2.33. The predicted molar refractivity (Wildman–Crippen MR) is 92.6 cm³/mol. The fourth-order valence-corrected chi connectivity index (χ4v) is 3.38. The van der Waals surface area contributed by atoms with Crippen molar-refractivity contribution in [3.05, 3.63) is 79.0 Å². The van der Waals surface area contributed by atoms with Gasteiger partial charge in [-0.25, -0.2) is 0 Å². The van der Waals surface area contributed by atoms with Crippen molar-refractivity contribution in [2.75, 3.05) is 0 Å². The zero-order valence-electron chi connectivity index (χ0n) is 12.0. The Bertz CT molecular complexity index is 1110. The Hall–Kier alpha value is -3.00. The van der Waals surface area contributed by atoms with Crippen LogP contribution in [-0.2, 0) is 0 Å². The molecule has 0 aliphatic carbocycles. The van der Waals surface area contributed by atoms with Gasteiger partial charge < -0.3 is 9.55 Å². The number of aromatic amines is 1. The minimum atomic E-state index is 1.19. The number of benzene rings is 3. The van der Waals surface area contributed by atoms with Gasteiger partial charge in [0, 0.05) is 39.1 Å². The van der Waals surface area contributed by atoms with Crippen LogP contribution in [0.25, 0.3) is 38.4 Å². The normalized spacial score (nSPS) is 11.6. The second-order valence-electron chi connectivity index (χ2n) is 5.61. The number of H-pyrrole nitrogens is 1. The van der Waals surface area contributed by atoms with Crippen LogP contribution < -0.4 is 0 Å². The molecular formula is C20H14N2. The van der Waals surface area contributed by atoms with Gasteiger partial charge in [0.05, 0.1) is 5.52 Å². The molecule has 0 atom stereocenters. The summed E-state index contributed by atoms with van der Waals surface area (Å²) in [5, 5.41) is 3.88. The number of rotatable bonds is 1. The number of hydrogen-bond donors (Lipinski definition) is 1. The molecule has 2 nitrogen and oxygen atoms in total. The second kappa shape index (κ2) is 4.25. The van der Waals surface area contributed by atoms with Crippen molar-refractivity contribution in [2.24, 2.45) is 0 Å². The van der Waals surface area contributed by atoms with Gasteiger partial charge >= 0.3 is 0 Å². The average Bonchev–Trinajstić information content (AvgIpc) is 3.16. The average molecular weight is 282 g/mol. The Kier molecular flexibility index (Phi) is 2.25. The molecule has 0 aliphatic rings. The number of hydrogen-bond acceptors (Lipinski definition) is 0. The standard InChI is InChI=1S/C20H14N2/c1-2-6-14(7-3-1)22-13-12-16-19(22)11-10-18-20(16)15-8-4-5-9-17(15)21-18/h1-13,21H. The van der Waals surface area contributed by atoms with Gasteiger partial charge in [-0.15, -0.1) is 0 Å². The number of para-hydroxylation sites is 2. The minimum Gasteiger partial charge on any atom is -0.354 e. The van der Waals surface area contributed by atoms with Crippen LogP contribution in [-0.4, -0.2) is 9.55 Å². The summed E-state index contributed by atoms with van der Waals surface area (Å²) in [6.45, 7) is 0. The van der Waals surface area contributed by atoms with E-state index in [2.05, 4.69) is 82.5 Å². The van der Waals surface area contributed by atoms with Gasteiger partial charge in [0.2, 0.25) is 0 Å². The van der Waals surface area contributed by atoms with Crippen LogP contribution in [0.2, 0.25) is 0 Å². The fourth-order valence-electron chi connectivity index (χ4n) is 3.38. The lowest BCUT2D eigenvalue weighted by Gasteiger charge is -2.05. The van der Waals surface area contributed by atoms with Gasteiger partial charge in [0.25, 0.3) is 0 Å². The van der Waals surface area contributed by atoms with Crippen molar-refractivity contribution < 1.29 is 0 Å². The maximum absolute atomic E-state index is 3.51. The van der Waals surface area contributed by atoms with Crippen LogP contribution >= 0.6 is 0 Å². The summed E-state index contributed by atoms with van der Waals surface area (Å²) in [5.74, 6) is 0. The van der Waals surface area contributed by atoms with E-state index in [1.54, 1.807) is 0 Å². The van der Waals surface area contributed by atoms with Gasteiger partial charge in [0.1, 0.15) is 0 Å². The summed E-state index contributed by atoms with van der Waals surface area (Å²) in [4.78, 5) is 3.51. The molecule has 0 spiro atoms. The third kappa shape index (κ3) is 1.49. The van der Waals surface area contributed by atoms with Crippen molar-refractivity contribution in [1.82, 2.24) is 9.55 Å². The van der Waals surface area contributed by atoms with E-state index in [0.717, 1.165) is 0 Å². The number of nitrogens with zero attached hydrogens (tertiary/aromatic N) is 1. The topological polar surface area (TPSA) is 20.7 Å². The molecule has 2 heterocycles. The molecule has 0 bridgehead atoms. The molecule has 3 aromatic carbocycles. The summed E-state index contributed by atoms with van der Waals surface area (Å²) in [6, 6.07) is 25.6. The lowest BCUT2D eigenvalue weighted by Crippen LogP contribution is -1.90. The lowest BCUT2D eigenvalue weighted by molar-refractivity contribution is 1.13. The van der Waals surface area contributed by atoms with Gasteiger partial charge in [-0.1, -0.05) is 36.4 Å². The van der Waals surface area contributed by atoms with Crippen LogP contribution in [0.3, 0.4) is 0 Å². The number of nitrogens with one attached hydrogen (secondary N) is 1. The SMILES string of the molecule is c1ccc(-n2ccc3c4c(ccc32)[nH]c2ccccc24)cc1. The van der Waals surface area contributed by atoms with Crippen molar-refractivity contribution in [3.63, 3.8) is 0 Å². The highest BCUT2D eigenvalue weighted by atomic mass is 15.0. The monoisotopic (exact) mass is 282 g/mol. The van der Waals surface area contributed by atoms with E-state index in [4.69, 9.17) is 0 Å². The van der Waals surface area contributed by atoms with Crippen LogP contribution in [0.4, 0.5) is 0 Å². The molecule has 2 heteroatoms. The Labute approximate surface area is 127 Å². The maximum Gasteiger partial charge on any atom is 0.0536 e. The Balaban J connectivity index is 1.93. The molecule has 0 saturated carbocycles. The lowest BCUT2D eigenvalue weighted by atomic mass is 10.1. The van der Waals surface area contributed by atoms with Crippen LogP contribution in [0.15, 0.2) is 79.0 Å². The summed E-state index contributed by atoms with van der Waals surface area (Å²) in [6.07, 6.45) is 2.15. The van der Waals surface area contributed by atoms with Gasteiger partial charge in [-0.05, 0) is 36.4 Å². The van der Waals surface area contributed by atoms with Gasteiger partial charge in [0.15, 0.2) is 0 Å². The molecule has 0 saturated heterocycles. The Morgan fingerprint density at radius 1 is 0.636 bits per heavy atom. The fraction of sp³-hybridized carbons (Fsp3) is 0. The molecule has 1 N–H and O–H groups in total. The molecule has 0 amide bonds. The predicted octanol–water partition coefficient (Wildman–Crippen LogP) is 5.27. The van der Waals surface area contributed by atoms with Crippen LogP contribution in [0.5, 0.6) is 0 Å². The maximum atomic E-state index is 3.51. The van der Waals surface area contributed by atoms with Crippen molar-refractivity contribution in [1.29, 1.82) is 0 Å². The third-order valence-electron chi connectivity index (χ3n) is 4.37. The van der Waals surface area contributed by atoms with E-state index in [0.29, 0.717) is 0 Å². The quantitative estimate of drug-likeness (QED) is 0.432. The first-order valence-corrected chi connectivity index (χ1v) is 7.48. The van der Waals surface area contributed by atoms with E-state index in [1.807, 2.05) is 6.07 Å². The molecule has 22 heavy (non-hydrogen) atoms. The van der Waals surface area contributed by atoms with E-state index in [1.165, 1.54) is 38.4 Å². The first-order valence-electron chi connectivity index (χ1n) is 7.48. The second-order valence-corrected chi connectivity index (χ2v) is 5.61. The minimum absolute atomic E-state index is 1.19. The first kappa shape index (κ1) is 11.6. The smallest absolute Gasteiger partial charge is 0.0536 e. The summed E-state index contributed by atoms with van der Waals surface area (Å²) in [7, 11) is 0. The zero-order chi connectivity index (χ0) is 14.5. The number of aromatic nitrogens is 2. The zero-order valence-corrected chi connectivity index (χ0v) is 12.0. The van der Waals surface area contributed by atoms with Crippen molar-refractivity contribution in [2.45, 2.75) is 0 Å². The molecule has 0 unspecified atom stereocenters. The van der Waals surface area contributed by atoms with E-state index >= 15 is 0 Å². The molecule has 0 fully saturated rings.